The Morgan fingerprint density at radius 2 is 2.11 bits per heavy atom. The lowest BCUT2D eigenvalue weighted by molar-refractivity contribution is 0.0951. The smallest absolute Gasteiger partial charge is 0.297 e. The molecule has 3 aromatic rings. The Morgan fingerprint density at radius 1 is 1.25 bits per heavy atom. The molecule has 4 rings (SSSR count). The lowest BCUT2D eigenvalue weighted by atomic mass is 10.1. The van der Waals surface area contributed by atoms with Gasteiger partial charge in [0.1, 0.15) is 0 Å². The fraction of sp³-hybridized carbons (Fsp3) is 0.238. The third-order valence-corrected chi connectivity index (χ3v) is 4.67. The molecule has 2 heterocycles. The number of rotatable bonds is 6. The van der Waals surface area contributed by atoms with Gasteiger partial charge >= 0.3 is 0 Å². The van der Waals surface area contributed by atoms with Gasteiger partial charge in [-0.15, -0.1) is 0 Å². The maximum atomic E-state index is 12.9. The van der Waals surface area contributed by atoms with Crippen LogP contribution in [0.4, 0.5) is 5.82 Å². The largest absolute Gasteiger partial charge is 0.361 e. The van der Waals surface area contributed by atoms with Gasteiger partial charge in [-0.05, 0) is 49.1 Å². The zero-order valence-corrected chi connectivity index (χ0v) is 15.6. The lowest BCUT2D eigenvalue weighted by Gasteiger charge is -2.13. The van der Waals surface area contributed by atoms with E-state index in [0.29, 0.717) is 17.8 Å². The number of hydrogen-bond donors (Lipinski definition) is 2. The maximum Gasteiger partial charge on any atom is 0.297 e. The van der Waals surface area contributed by atoms with Crippen LogP contribution in [0.5, 0.6) is 0 Å². The molecule has 2 N–H and O–H groups in total. The predicted octanol–water partition coefficient (Wildman–Crippen LogP) is 2.44. The van der Waals surface area contributed by atoms with Gasteiger partial charge in [0.15, 0.2) is 5.82 Å². The lowest BCUT2D eigenvalue weighted by Crippen LogP contribution is -2.26. The Balaban J connectivity index is 1.61. The predicted molar refractivity (Wildman–Crippen MR) is 107 cm³/mol. The van der Waals surface area contributed by atoms with E-state index in [2.05, 4.69) is 20.6 Å². The number of carbonyl (C=O) groups is 1. The van der Waals surface area contributed by atoms with Crippen molar-refractivity contribution in [1.82, 2.24) is 19.9 Å². The number of nitrogens with zero attached hydrogens (tertiary/aromatic N) is 3. The van der Waals surface area contributed by atoms with Crippen LogP contribution in [0, 0.1) is 6.92 Å². The number of carbonyl (C=O) groups excluding carboxylic acids is 1. The normalized spacial score (nSPS) is 13.2. The SMILES string of the molecule is Cc1ccc(C(=O)NC2CC2)cc1-n1ccnc(NCc2cccnc2)c1=O. The number of benzene rings is 1. The molecule has 7 nitrogen and oxygen atoms in total. The van der Waals surface area contributed by atoms with Crippen LogP contribution >= 0.6 is 0 Å². The highest BCUT2D eigenvalue weighted by molar-refractivity contribution is 5.95. The number of aromatic nitrogens is 3. The highest BCUT2D eigenvalue weighted by atomic mass is 16.2. The molecule has 1 aliphatic carbocycles. The molecule has 1 amide bonds. The van der Waals surface area contributed by atoms with Gasteiger partial charge in [-0.3, -0.25) is 19.1 Å². The van der Waals surface area contributed by atoms with E-state index in [9.17, 15) is 9.59 Å². The van der Waals surface area contributed by atoms with Gasteiger partial charge in [0, 0.05) is 42.9 Å². The van der Waals surface area contributed by atoms with Gasteiger partial charge in [0.25, 0.3) is 11.5 Å². The van der Waals surface area contributed by atoms with Crippen molar-refractivity contribution in [1.29, 1.82) is 0 Å². The molecule has 0 atom stereocenters. The molecule has 7 heteroatoms. The van der Waals surface area contributed by atoms with E-state index >= 15 is 0 Å². The summed E-state index contributed by atoms with van der Waals surface area (Å²) >= 11 is 0. The molecule has 142 valence electrons. The van der Waals surface area contributed by atoms with Crippen molar-refractivity contribution in [2.45, 2.75) is 32.4 Å². The summed E-state index contributed by atoms with van der Waals surface area (Å²) < 4.78 is 1.52. The molecule has 28 heavy (non-hydrogen) atoms. The van der Waals surface area contributed by atoms with E-state index in [1.807, 2.05) is 25.1 Å². The van der Waals surface area contributed by atoms with Crippen LogP contribution in [0.3, 0.4) is 0 Å². The number of nitrogens with one attached hydrogen (secondary N) is 2. The van der Waals surface area contributed by atoms with E-state index in [-0.39, 0.29) is 23.3 Å². The molecule has 1 fully saturated rings. The average Bonchev–Trinajstić information content (AvgIpc) is 3.52. The van der Waals surface area contributed by atoms with Crippen molar-refractivity contribution in [3.05, 3.63) is 82.2 Å². The fourth-order valence-electron chi connectivity index (χ4n) is 2.92. The number of pyridine rings is 1. The first-order chi connectivity index (χ1) is 13.6. The molecule has 0 bridgehead atoms. The van der Waals surface area contributed by atoms with Gasteiger partial charge < -0.3 is 10.6 Å². The first-order valence-corrected chi connectivity index (χ1v) is 9.24. The Labute approximate surface area is 162 Å². The van der Waals surface area contributed by atoms with Gasteiger partial charge in [0.05, 0.1) is 5.69 Å². The Bertz CT molecular complexity index is 1060. The highest BCUT2D eigenvalue weighted by Gasteiger charge is 2.24. The second-order valence-electron chi connectivity index (χ2n) is 6.91. The topological polar surface area (TPSA) is 88.9 Å². The van der Waals surface area contributed by atoms with E-state index in [4.69, 9.17) is 0 Å². The highest BCUT2D eigenvalue weighted by Crippen LogP contribution is 2.20. The van der Waals surface area contributed by atoms with Crippen molar-refractivity contribution in [2.75, 3.05) is 5.32 Å². The van der Waals surface area contributed by atoms with Gasteiger partial charge in [0.2, 0.25) is 0 Å². The zero-order chi connectivity index (χ0) is 19.5. The van der Waals surface area contributed by atoms with Crippen molar-refractivity contribution in [2.24, 2.45) is 0 Å². The molecule has 0 spiro atoms. The average molecular weight is 375 g/mol. The summed E-state index contributed by atoms with van der Waals surface area (Å²) in [5.74, 6) is 0.138. The van der Waals surface area contributed by atoms with Crippen LogP contribution in [0.15, 0.2) is 59.9 Å². The van der Waals surface area contributed by atoms with E-state index in [1.54, 1.807) is 36.9 Å². The summed E-state index contributed by atoms with van der Waals surface area (Å²) in [6.45, 7) is 2.36. The summed E-state index contributed by atoms with van der Waals surface area (Å²) in [4.78, 5) is 33.5. The summed E-state index contributed by atoms with van der Waals surface area (Å²) in [7, 11) is 0. The second-order valence-corrected chi connectivity index (χ2v) is 6.91. The number of anilines is 1. The quantitative estimate of drug-likeness (QED) is 0.691. The summed E-state index contributed by atoms with van der Waals surface area (Å²) in [5, 5.41) is 6.04. The summed E-state index contributed by atoms with van der Waals surface area (Å²) in [6.07, 6.45) is 8.68. The van der Waals surface area contributed by atoms with E-state index in [1.165, 1.54) is 4.57 Å². The van der Waals surface area contributed by atoms with Gasteiger partial charge in [-0.2, -0.15) is 0 Å². The fourth-order valence-corrected chi connectivity index (χ4v) is 2.92. The Hall–Kier alpha value is -3.48. The third-order valence-electron chi connectivity index (χ3n) is 4.67. The van der Waals surface area contributed by atoms with Crippen LogP contribution in [-0.4, -0.2) is 26.5 Å². The van der Waals surface area contributed by atoms with Crippen molar-refractivity contribution in [3.8, 4) is 5.69 Å². The van der Waals surface area contributed by atoms with E-state index < -0.39 is 0 Å². The molecule has 0 saturated heterocycles. The molecule has 1 saturated carbocycles. The number of amides is 1. The van der Waals surface area contributed by atoms with Crippen LogP contribution in [0.2, 0.25) is 0 Å². The standard InChI is InChI=1S/C21H21N5O2/c1-14-4-5-16(20(27)25-17-6-7-17)11-18(14)26-10-9-23-19(21(26)28)24-13-15-3-2-8-22-12-15/h2-5,8-12,17H,6-7,13H2,1H3,(H,23,24)(H,25,27). The Morgan fingerprint density at radius 3 is 2.86 bits per heavy atom. The first-order valence-electron chi connectivity index (χ1n) is 9.24. The van der Waals surface area contributed by atoms with Crippen LogP contribution in [-0.2, 0) is 6.54 Å². The first kappa shape index (κ1) is 17.9. The minimum absolute atomic E-state index is 0.110. The van der Waals surface area contributed by atoms with E-state index in [0.717, 1.165) is 24.0 Å². The van der Waals surface area contributed by atoms with Gasteiger partial charge in [-0.1, -0.05) is 12.1 Å². The van der Waals surface area contributed by atoms with Crippen LogP contribution < -0.4 is 16.2 Å². The molecule has 1 aromatic carbocycles. The Kier molecular flexibility index (Phi) is 4.89. The second kappa shape index (κ2) is 7.64. The maximum absolute atomic E-state index is 12.9. The zero-order valence-electron chi connectivity index (χ0n) is 15.6. The monoisotopic (exact) mass is 375 g/mol. The van der Waals surface area contributed by atoms with Crippen LogP contribution in [0.25, 0.3) is 5.69 Å². The van der Waals surface area contributed by atoms with Gasteiger partial charge in [-0.25, -0.2) is 4.98 Å². The molecule has 0 unspecified atom stereocenters. The third kappa shape index (κ3) is 3.93. The minimum Gasteiger partial charge on any atom is -0.361 e. The number of hydrogen-bond acceptors (Lipinski definition) is 5. The van der Waals surface area contributed by atoms with Crippen molar-refractivity contribution in [3.63, 3.8) is 0 Å². The van der Waals surface area contributed by atoms with Crippen LogP contribution in [0.1, 0.15) is 34.3 Å². The molecular formula is C21H21N5O2. The molecular weight excluding hydrogens is 354 g/mol. The summed E-state index contributed by atoms with van der Waals surface area (Å²) in [5.41, 5.74) is 2.79. The van der Waals surface area contributed by atoms with Crippen molar-refractivity contribution < 1.29 is 4.79 Å². The molecule has 0 radical (unpaired) electrons. The number of aryl methyl sites for hydroxylation is 1. The molecule has 0 aliphatic heterocycles. The van der Waals surface area contributed by atoms with Crippen molar-refractivity contribution >= 4 is 11.7 Å². The molecule has 1 aliphatic rings. The summed E-state index contributed by atoms with van der Waals surface area (Å²) in [6, 6.07) is 9.43. The molecule has 2 aromatic heterocycles. The minimum atomic E-state index is -0.269.